The minimum atomic E-state index is -3.85. The van der Waals surface area contributed by atoms with Crippen molar-refractivity contribution in [2.45, 2.75) is 109 Å². The Kier molecular flexibility index (Phi) is 12.3. The molecule has 12 nitrogen and oxygen atoms in total. The van der Waals surface area contributed by atoms with Gasteiger partial charge >= 0.3 is 6.09 Å². The molecule has 1 aromatic carbocycles. The lowest BCUT2D eigenvalue weighted by Crippen LogP contribution is -2.41. The maximum Gasteiger partial charge on any atom is 0.407 e. The second-order valence-corrected chi connectivity index (χ2v) is 22.2. The van der Waals surface area contributed by atoms with Gasteiger partial charge in [0.15, 0.2) is 0 Å². The van der Waals surface area contributed by atoms with Gasteiger partial charge in [0.2, 0.25) is 16.0 Å². The Morgan fingerprint density at radius 1 is 1.17 bits per heavy atom. The summed E-state index contributed by atoms with van der Waals surface area (Å²) < 4.78 is 42.7. The molecule has 1 fully saturated rings. The number of ether oxygens (including phenoxy) is 2. The van der Waals surface area contributed by atoms with Crippen molar-refractivity contribution in [3.8, 4) is 22.6 Å². The molecule has 1 aliphatic carbocycles. The van der Waals surface area contributed by atoms with Crippen LogP contribution in [0.4, 0.5) is 10.7 Å². The van der Waals surface area contributed by atoms with E-state index in [0.29, 0.717) is 54.7 Å². The van der Waals surface area contributed by atoms with E-state index in [9.17, 15) is 13.2 Å². The fourth-order valence-electron chi connectivity index (χ4n) is 4.83. The molecule has 0 spiro atoms. The second kappa shape index (κ2) is 15.7. The minimum Gasteiger partial charge on any atom is -0.444 e. The third-order valence-electron chi connectivity index (χ3n) is 7.43. The molecule has 264 valence electrons. The number of rotatable bonds is 16. The number of nitrogens with one attached hydrogen (secondary N) is 3. The molecule has 4 rings (SSSR count). The molecule has 1 saturated carbocycles. The first-order chi connectivity index (χ1) is 22.5. The van der Waals surface area contributed by atoms with Gasteiger partial charge in [0, 0.05) is 51.5 Å². The van der Waals surface area contributed by atoms with Crippen molar-refractivity contribution in [1.29, 1.82) is 0 Å². The summed E-state index contributed by atoms with van der Waals surface area (Å²) in [5, 5.41) is 6.11. The highest BCUT2D eigenvalue weighted by molar-refractivity contribution is 7.89. The molecule has 2 aromatic heterocycles. The average Bonchev–Trinajstić information content (AvgIpc) is 3.76. The number of hydrogen-bond donors (Lipinski definition) is 3. The van der Waals surface area contributed by atoms with E-state index < -0.39 is 29.8 Å². The van der Waals surface area contributed by atoms with Gasteiger partial charge in [0.25, 0.3) is 0 Å². The Morgan fingerprint density at radius 2 is 1.90 bits per heavy atom. The summed E-state index contributed by atoms with van der Waals surface area (Å²) in [5.74, 6) is 1.45. The summed E-state index contributed by atoms with van der Waals surface area (Å²) in [6.45, 7) is 17.6. The number of nitrogens with zero attached hydrogens (tertiary/aromatic N) is 4. The number of amides is 1. The predicted molar refractivity (Wildman–Crippen MR) is 193 cm³/mol. The Hall–Kier alpha value is -3.04. The summed E-state index contributed by atoms with van der Waals surface area (Å²) in [5.41, 5.74) is 1.63. The fraction of sp³-hybridized carbons (Fsp3) is 0.576. The van der Waals surface area contributed by atoms with Crippen LogP contribution in [0.1, 0.15) is 65.6 Å². The molecule has 0 bridgehead atoms. The predicted octanol–water partition coefficient (Wildman–Crippen LogP) is 6.86. The lowest BCUT2D eigenvalue weighted by molar-refractivity contribution is 0.0511. The summed E-state index contributed by atoms with van der Waals surface area (Å²) in [6, 6.07) is 7.49. The number of alkyl carbamates (subject to hydrolysis) is 1. The van der Waals surface area contributed by atoms with Crippen LogP contribution < -0.4 is 15.4 Å². The molecule has 1 aliphatic rings. The number of benzene rings is 1. The van der Waals surface area contributed by atoms with Crippen LogP contribution in [-0.4, -0.2) is 73.4 Å². The highest BCUT2D eigenvalue weighted by atomic mass is 35.5. The molecule has 0 radical (unpaired) electrons. The molecular weight excluding hydrogens is 670 g/mol. The van der Waals surface area contributed by atoms with Crippen molar-refractivity contribution in [2.75, 3.05) is 25.0 Å². The summed E-state index contributed by atoms with van der Waals surface area (Å²) >= 11 is 6.91. The molecule has 15 heteroatoms. The molecule has 1 amide bonds. The van der Waals surface area contributed by atoms with Crippen molar-refractivity contribution >= 4 is 41.7 Å². The van der Waals surface area contributed by atoms with Crippen molar-refractivity contribution in [3.63, 3.8) is 0 Å². The first kappa shape index (κ1) is 37.8. The van der Waals surface area contributed by atoms with E-state index in [0.717, 1.165) is 24.7 Å². The van der Waals surface area contributed by atoms with Crippen LogP contribution in [0.25, 0.3) is 22.6 Å². The standard InChI is InChI=1S/C33H50ClN7O5SSi/c1-9-16-37-47(43,44)26-12-10-11-24(27(26)34)28-29(41(30(40-28)23-13-14-23)21-45-18-19-48(6,7)8)25-15-17-35-31(39-25)36-20-22(2)38-32(42)46-33(3,4)5/h10-12,15,17,22-23,37H,9,13-14,16,18-21H2,1-8H3,(H,38,42)(H,35,36,39)/t22-/m0/s1. The van der Waals surface area contributed by atoms with E-state index >= 15 is 0 Å². The molecular formula is C33H50ClN7O5SSi. The van der Waals surface area contributed by atoms with Crippen molar-refractivity contribution in [3.05, 3.63) is 41.3 Å². The quantitative estimate of drug-likeness (QED) is 0.107. The highest BCUT2D eigenvalue weighted by Gasteiger charge is 2.34. The van der Waals surface area contributed by atoms with Gasteiger partial charge in [0.05, 0.1) is 22.1 Å². The number of halogens is 1. The van der Waals surface area contributed by atoms with E-state index in [1.165, 1.54) is 6.07 Å². The number of imidazole rings is 1. The van der Waals surface area contributed by atoms with Gasteiger partial charge in [-0.05, 0) is 65.1 Å². The van der Waals surface area contributed by atoms with Crippen LogP contribution in [0.3, 0.4) is 0 Å². The largest absolute Gasteiger partial charge is 0.444 e. The monoisotopic (exact) mass is 719 g/mol. The number of carbonyl (C=O) groups is 1. The van der Waals surface area contributed by atoms with Crippen LogP contribution in [0.2, 0.25) is 30.7 Å². The van der Waals surface area contributed by atoms with E-state index in [4.69, 9.17) is 31.0 Å². The van der Waals surface area contributed by atoms with E-state index in [1.54, 1.807) is 24.4 Å². The van der Waals surface area contributed by atoms with Crippen LogP contribution in [0.15, 0.2) is 35.4 Å². The molecule has 2 heterocycles. The molecule has 3 N–H and O–H groups in total. The Morgan fingerprint density at radius 3 is 2.54 bits per heavy atom. The van der Waals surface area contributed by atoms with Crippen molar-refractivity contribution < 1.29 is 22.7 Å². The Balaban J connectivity index is 1.74. The highest BCUT2D eigenvalue weighted by Crippen LogP contribution is 2.45. The van der Waals surface area contributed by atoms with Crippen LogP contribution >= 0.6 is 11.6 Å². The first-order valence-electron chi connectivity index (χ1n) is 16.5. The fourth-order valence-corrected chi connectivity index (χ4v) is 7.34. The molecule has 0 aliphatic heterocycles. The number of anilines is 1. The molecule has 1 atom stereocenters. The minimum absolute atomic E-state index is 0.00788. The zero-order valence-electron chi connectivity index (χ0n) is 29.3. The molecule has 48 heavy (non-hydrogen) atoms. The van der Waals surface area contributed by atoms with E-state index in [-0.39, 0.29) is 28.6 Å². The summed E-state index contributed by atoms with van der Waals surface area (Å²) in [4.78, 5) is 26.6. The zero-order chi connectivity index (χ0) is 35.3. The number of carbonyl (C=O) groups excluding carboxylic acids is 1. The Bertz CT molecular complexity index is 1680. The summed E-state index contributed by atoms with van der Waals surface area (Å²) in [7, 11) is -5.18. The topological polar surface area (TPSA) is 149 Å². The van der Waals surface area contributed by atoms with Gasteiger partial charge in [-0.15, -0.1) is 0 Å². The van der Waals surface area contributed by atoms with Gasteiger partial charge in [-0.3, -0.25) is 0 Å². The average molecular weight is 720 g/mol. The second-order valence-electron chi connectivity index (χ2n) is 14.4. The number of aromatic nitrogens is 4. The van der Waals surface area contributed by atoms with Crippen molar-refractivity contribution in [2.24, 2.45) is 0 Å². The van der Waals surface area contributed by atoms with Gasteiger partial charge in [-0.25, -0.2) is 32.9 Å². The number of sulfonamides is 1. The van der Waals surface area contributed by atoms with Crippen LogP contribution in [-0.2, 0) is 26.2 Å². The molecule has 0 unspecified atom stereocenters. The van der Waals surface area contributed by atoms with Gasteiger partial charge < -0.3 is 24.7 Å². The van der Waals surface area contributed by atoms with Gasteiger partial charge in [-0.2, -0.15) is 0 Å². The normalized spacial score (nSPS) is 14.5. The lowest BCUT2D eigenvalue weighted by atomic mass is 10.1. The maximum absolute atomic E-state index is 13.2. The van der Waals surface area contributed by atoms with Gasteiger partial charge in [0.1, 0.15) is 23.1 Å². The summed E-state index contributed by atoms with van der Waals surface area (Å²) in [6.07, 6.45) is 3.78. The first-order valence-corrected chi connectivity index (χ1v) is 22.1. The van der Waals surface area contributed by atoms with Crippen molar-refractivity contribution in [1.82, 2.24) is 29.6 Å². The maximum atomic E-state index is 13.2. The third-order valence-corrected chi connectivity index (χ3v) is 11.2. The zero-order valence-corrected chi connectivity index (χ0v) is 31.9. The van der Waals surface area contributed by atoms with E-state index in [1.807, 2.05) is 39.2 Å². The lowest BCUT2D eigenvalue weighted by Gasteiger charge is -2.22. The smallest absolute Gasteiger partial charge is 0.407 e. The molecule has 3 aromatic rings. The van der Waals surface area contributed by atoms with Gasteiger partial charge in [-0.1, -0.05) is 50.3 Å². The van der Waals surface area contributed by atoms with Crippen LogP contribution in [0.5, 0.6) is 0 Å². The SMILES string of the molecule is CCCNS(=O)(=O)c1cccc(-c2nc(C3CC3)n(COCC[Si](C)(C)C)c2-c2ccnc(NC[C@H](C)NC(=O)OC(C)(C)C)n2)c1Cl. The molecule has 0 saturated heterocycles. The third kappa shape index (κ3) is 10.5. The Labute approximate surface area is 290 Å². The van der Waals surface area contributed by atoms with Crippen LogP contribution in [0, 0.1) is 0 Å². The van der Waals surface area contributed by atoms with E-state index in [2.05, 4.69) is 40.0 Å². The number of hydrogen-bond acceptors (Lipinski definition) is 9.